The summed E-state index contributed by atoms with van der Waals surface area (Å²) in [5.41, 5.74) is 0. The van der Waals surface area contributed by atoms with E-state index >= 15 is 0 Å². The zero-order valence-electron chi connectivity index (χ0n) is 9.95. The van der Waals surface area contributed by atoms with Crippen molar-refractivity contribution in [2.45, 2.75) is 50.8 Å². The molecule has 0 spiro atoms. The molecule has 2 N–H and O–H groups in total. The highest BCUT2D eigenvalue weighted by atomic mass is 16.3. The molecule has 0 aromatic carbocycles. The van der Waals surface area contributed by atoms with Crippen LogP contribution in [0, 0.1) is 5.92 Å². The van der Waals surface area contributed by atoms with Gasteiger partial charge in [0.15, 0.2) is 0 Å². The van der Waals surface area contributed by atoms with Crippen molar-refractivity contribution in [2.24, 2.45) is 5.92 Å². The third kappa shape index (κ3) is 2.52. The van der Waals surface area contributed by atoms with Gasteiger partial charge >= 0.3 is 0 Å². The molecule has 1 heterocycles. The van der Waals surface area contributed by atoms with Gasteiger partial charge in [-0.05, 0) is 39.2 Å². The molecule has 0 radical (unpaired) electrons. The number of nitrogens with zero attached hydrogens (tertiary/aromatic N) is 1. The fraction of sp³-hybridized carbons (Fsp3) is 1.00. The van der Waals surface area contributed by atoms with E-state index in [9.17, 15) is 5.11 Å². The van der Waals surface area contributed by atoms with E-state index in [0.29, 0.717) is 12.0 Å². The molecule has 88 valence electrons. The average Bonchev–Trinajstić information content (AvgIpc) is 2.14. The number of aliphatic hydroxyl groups is 1. The monoisotopic (exact) mass is 212 g/mol. The second-order valence-corrected chi connectivity index (χ2v) is 5.26. The number of likely N-dealkylation sites (tertiary alicyclic amines) is 1. The predicted molar refractivity (Wildman–Crippen MR) is 61.8 cm³/mol. The van der Waals surface area contributed by atoms with Gasteiger partial charge < -0.3 is 10.4 Å². The maximum absolute atomic E-state index is 9.73. The Morgan fingerprint density at radius 3 is 2.53 bits per heavy atom. The van der Waals surface area contributed by atoms with E-state index in [4.69, 9.17) is 0 Å². The normalized spacial score (nSPS) is 36.2. The van der Waals surface area contributed by atoms with Crippen molar-refractivity contribution in [2.75, 3.05) is 20.1 Å². The van der Waals surface area contributed by atoms with Gasteiger partial charge in [-0.1, -0.05) is 6.42 Å². The third-order valence-electron chi connectivity index (χ3n) is 4.19. The Bertz CT molecular complexity index is 204. The minimum atomic E-state index is -0.163. The largest absolute Gasteiger partial charge is 0.393 e. The van der Waals surface area contributed by atoms with Gasteiger partial charge in [-0.3, -0.25) is 4.90 Å². The van der Waals surface area contributed by atoms with Crippen molar-refractivity contribution in [3.63, 3.8) is 0 Å². The van der Waals surface area contributed by atoms with Crippen molar-refractivity contribution in [3.8, 4) is 0 Å². The van der Waals surface area contributed by atoms with Crippen molar-refractivity contribution in [1.82, 2.24) is 10.2 Å². The number of hydrogen-bond acceptors (Lipinski definition) is 3. The zero-order valence-corrected chi connectivity index (χ0v) is 9.95. The van der Waals surface area contributed by atoms with Crippen LogP contribution in [0.1, 0.15) is 32.6 Å². The summed E-state index contributed by atoms with van der Waals surface area (Å²) in [5.74, 6) is 0.455. The van der Waals surface area contributed by atoms with Crippen LogP contribution < -0.4 is 5.32 Å². The lowest BCUT2D eigenvalue weighted by Gasteiger charge is -2.45. The molecule has 1 saturated carbocycles. The number of aliphatic hydroxyl groups excluding tert-OH is 1. The second-order valence-electron chi connectivity index (χ2n) is 5.26. The van der Waals surface area contributed by atoms with E-state index in [1.54, 1.807) is 0 Å². The highest BCUT2D eigenvalue weighted by Crippen LogP contribution is 2.30. The molecule has 1 aliphatic carbocycles. The summed E-state index contributed by atoms with van der Waals surface area (Å²) < 4.78 is 0. The van der Waals surface area contributed by atoms with E-state index < -0.39 is 0 Å². The minimum Gasteiger partial charge on any atom is -0.393 e. The maximum atomic E-state index is 9.73. The summed E-state index contributed by atoms with van der Waals surface area (Å²) in [6.45, 7) is 4.20. The highest BCUT2D eigenvalue weighted by Gasteiger charge is 2.34. The summed E-state index contributed by atoms with van der Waals surface area (Å²) in [7, 11) is 2.04. The number of hydrogen-bond donors (Lipinski definition) is 2. The molecule has 3 heteroatoms. The molecule has 0 bridgehead atoms. The first-order valence-electron chi connectivity index (χ1n) is 6.30. The highest BCUT2D eigenvalue weighted by molar-refractivity contribution is 4.90. The molecule has 0 aromatic rings. The molecule has 0 amide bonds. The molecule has 2 aliphatic rings. The zero-order chi connectivity index (χ0) is 10.8. The van der Waals surface area contributed by atoms with Crippen molar-refractivity contribution < 1.29 is 5.11 Å². The Balaban J connectivity index is 1.93. The second kappa shape index (κ2) is 4.81. The summed E-state index contributed by atoms with van der Waals surface area (Å²) >= 11 is 0. The van der Waals surface area contributed by atoms with Gasteiger partial charge in [0.1, 0.15) is 0 Å². The van der Waals surface area contributed by atoms with Crippen LogP contribution in [0.25, 0.3) is 0 Å². The van der Waals surface area contributed by atoms with Gasteiger partial charge in [0.05, 0.1) is 6.10 Å². The SMILES string of the molecule is CNC1CC(C(C)O)CN(C2CCC2)C1. The molecular formula is C12H24N2O. The van der Waals surface area contributed by atoms with Crippen molar-refractivity contribution >= 4 is 0 Å². The van der Waals surface area contributed by atoms with Gasteiger partial charge in [0, 0.05) is 25.2 Å². The summed E-state index contributed by atoms with van der Waals surface area (Å²) in [6, 6.07) is 1.38. The fourth-order valence-corrected chi connectivity index (χ4v) is 2.78. The first-order chi connectivity index (χ1) is 7.20. The lowest BCUT2D eigenvalue weighted by Crippen LogP contribution is -2.55. The van der Waals surface area contributed by atoms with Crippen LogP contribution in [0.3, 0.4) is 0 Å². The average molecular weight is 212 g/mol. The van der Waals surface area contributed by atoms with E-state index in [1.807, 2.05) is 14.0 Å². The molecule has 2 rings (SSSR count). The standard InChI is InChI=1S/C12H24N2O/c1-9(15)10-6-11(13-2)8-14(7-10)12-4-3-5-12/h9-13,15H,3-8H2,1-2H3. The molecule has 1 aliphatic heterocycles. The van der Waals surface area contributed by atoms with Gasteiger partial charge in [0.2, 0.25) is 0 Å². The van der Waals surface area contributed by atoms with E-state index in [2.05, 4.69) is 10.2 Å². The molecule has 3 atom stereocenters. The number of likely N-dealkylation sites (N-methyl/N-ethyl adjacent to an activating group) is 1. The summed E-state index contributed by atoms with van der Waals surface area (Å²) in [5, 5.41) is 13.1. The fourth-order valence-electron chi connectivity index (χ4n) is 2.78. The van der Waals surface area contributed by atoms with Gasteiger partial charge in [-0.2, -0.15) is 0 Å². The van der Waals surface area contributed by atoms with E-state index in [0.717, 1.165) is 19.0 Å². The van der Waals surface area contributed by atoms with Crippen molar-refractivity contribution in [1.29, 1.82) is 0 Å². The van der Waals surface area contributed by atoms with Crippen LogP contribution in [-0.4, -0.2) is 48.3 Å². The number of nitrogens with one attached hydrogen (secondary N) is 1. The van der Waals surface area contributed by atoms with Gasteiger partial charge in [0.25, 0.3) is 0 Å². The van der Waals surface area contributed by atoms with Gasteiger partial charge in [-0.15, -0.1) is 0 Å². The predicted octanol–water partition coefficient (Wildman–Crippen LogP) is 0.830. The van der Waals surface area contributed by atoms with Crippen LogP contribution in [0.5, 0.6) is 0 Å². The van der Waals surface area contributed by atoms with Crippen LogP contribution in [0.15, 0.2) is 0 Å². The minimum absolute atomic E-state index is 0.163. The topological polar surface area (TPSA) is 35.5 Å². The Morgan fingerprint density at radius 1 is 1.33 bits per heavy atom. The Kier molecular flexibility index (Phi) is 3.65. The molecular weight excluding hydrogens is 188 g/mol. The smallest absolute Gasteiger partial charge is 0.0553 e. The lowest BCUT2D eigenvalue weighted by molar-refractivity contribution is 0.0119. The summed E-state index contributed by atoms with van der Waals surface area (Å²) in [6.07, 6.45) is 5.08. The van der Waals surface area contributed by atoms with E-state index in [1.165, 1.54) is 25.8 Å². The maximum Gasteiger partial charge on any atom is 0.0553 e. The van der Waals surface area contributed by atoms with Gasteiger partial charge in [-0.25, -0.2) is 0 Å². The van der Waals surface area contributed by atoms with Crippen LogP contribution >= 0.6 is 0 Å². The Morgan fingerprint density at radius 2 is 2.07 bits per heavy atom. The van der Waals surface area contributed by atoms with Crippen molar-refractivity contribution in [3.05, 3.63) is 0 Å². The molecule has 1 saturated heterocycles. The van der Waals surface area contributed by atoms with Crippen LogP contribution in [0.2, 0.25) is 0 Å². The third-order valence-corrected chi connectivity index (χ3v) is 4.19. The quantitative estimate of drug-likeness (QED) is 0.727. The first kappa shape index (κ1) is 11.4. The van der Waals surface area contributed by atoms with Crippen LogP contribution in [0.4, 0.5) is 0 Å². The Labute approximate surface area is 92.8 Å². The molecule has 3 nitrogen and oxygen atoms in total. The first-order valence-corrected chi connectivity index (χ1v) is 6.30. The molecule has 3 unspecified atom stereocenters. The molecule has 0 aromatic heterocycles. The van der Waals surface area contributed by atoms with E-state index in [-0.39, 0.29) is 6.10 Å². The number of rotatable bonds is 3. The molecule has 15 heavy (non-hydrogen) atoms. The summed E-state index contributed by atoms with van der Waals surface area (Å²) in [4.78, 5) is 2.59. The Hall–Kier alpha value is -0.120. The van der Waals surface area contributed by atoms with Crippen LogP contribution in [-0.2, 0) is 0 Å². The lowest BCUT2D eigenvalue weighted by atomic mass is 9.85. The number of piperidine rings is 1. The molecule has 2 fully saturated rings.